The number of carbonyl (C=O) groups excluding carboxylic acids is 1. The van der Waals surface area contributed by atoms with Crippen molar-refractivity contribution in [3.63, 3.8) is 0 Å². The van der Waals surface area contributed by atoms with Crippen molar-refractivity contribution in [2.75, 3.05) is 14.2 Å². The Morgan fingerprint density at radius 1 is 1.40 bits per heavy atom. The number of rotatable bonds is 3. The Hall–Kier alpha value is -1.71. The number of alkyl carbamates (subject to hydrolysis) is 1. The van der Waals surface area contributed by atoms with E-state index in [9.17, 15) is 4.79 Å². The zero-order valence-corrected chi connectivity index (χ0v) is 9.16. The number of benzene rings is 1. The molecule has 1 aromatic rings. The van der Waals surface area contributed by atoms with Crippen LogP contribution in [0.3, 0.4) is 0 Å². The van der Waals surface area contributed by atoms with Gasteiger partial charge in [-0.05, 0) is 13.0 Å². The Bertz CT molecular complexity index is 350. The van der Waals surface area contributed by atoms with Gasteiger partial charge in [0, 0.05) is 12.1 Å². The molecule has 0 radical (unpaired) electrons. The maximum absolute atomic E-state index is 10.9. The van der Waals surface area contributed by atoms with Crippen LogP contribution in [0.4, 0.5) is 4.79 Å². The van der Waals surface area contributed by atoms with Crippen molar-refractivity contribution >= 4 is 6.09 Å². The standard InChI is InChI=1S/C11H15NO3/c1-8-4-5-10(14-2)9(6-8)7-12-11(13)15-3/h4-6H,7H2,1-3H3,(H,12,13). The highest BCUT2D eigenvalue weighted by Gasteiger charge is 2.05. The number of methoxy groups -OCH3 is 2. The van der Waals surface area contributed by atoms with Crippen molar-refractivity contribution in [2.45, 2.75) is 13.5 Å². The lowest BCUT2D eigenvalue weighted by Crippen LogP contribution is -2.22. The number of amides is 1. The van der Waals surface area contributed by atoms with Gasteiger partial charge in [0.25, 0.3) is 0 Å². The monoisotopic (exact) mass is 209 g/mol. The molecule has 1 aromatic carbocycles. The zero-order valence-electron chi connectivity index (χ0n) is 9.16. The molecular weight excluding hydrogens is 194 g/mol. The summed E-state index contributed by atoms with van der Waals surface area (Å²) < 4.78 is 9.66. The molecule has 1 rings (SSSR count). The van der Waals surface area contributed by atoms with E-state index < -0.39 is 6.09 Å². The lowest BCUT2D eigenvalue weighted by molar-refractivity contribution is 0.170. The lowest BCUT2D eigenvalue weighted by atomic mass is 10.1. The Labute approximate surface area is 89.2 Å². The molecule has 0 bridgehead atoms. The quantitative estimate of drug-likeness (QED) is 0.826. The van der Waals surface area contributed by atoms with Crippen LogP contribution in [-0.4, -0.2) is 20.3 Å². The van der Waals surface area contributed by atoms with Crippen LogP contribution in [-0.2, 0) is 11.3 Å². The molecule has 82 valence electrons. The average Bonchev–Trinajstić information content (AvgIpc) is 2.26. The highest BCUT2D eigenvalue weighted by atomic mass is 16.5. The Kier molecular flexibility index (Phi) is 3.97. The van der Waals surface area contributed by atoms with E-state index in [0.717, 1.165) is 16.9 Å². The van der Waals surface area contributed by atoms with Gasteiger partial charge < -0.3 is 14.8 Å². The number of nitrogens with one attached hydrogen (secondary N) is 1. The van der Waals surface area contributed by atoms with Gasteiger partial charge in [0.05, 0.1) is 14.2 Å². The third-order valence-electron chi connectivity index (χ3n) is 2.04. The zero-order chi connectivity index (χ0) is 11.3. The molecule has 0 fully saturated rings. The molecule has 15 heavy (non-hydrogen) atoms. The Morgan fingerprint density at radius 2 is 2.13 bits per heavy atom. The van der Waals surface area contributed by atoms with Crippen LogP contribution < -0.4 is 10.1 Å². The van der Waals surface area contributed by atoms with E-state index in [4.69, 9.17) is 4.74 Å². The van der Waals surface area contributed by atoms with Crippen molar-refractivity contribution in [1.29, 1.82) is 0 Å². The summed E-state index contributed by atoms with van der Waals surface area (Å²) in [6.45, 7) is 2.39. The van der Waals surface area contributed by atoms with Crippen LogP contribution >= 0.6 is 0 Å². The van der Waals surface area contributed by atoms with Gasteiger partial charge in [-0.2, -0.15) is 0 Å². The van der Waals surface area contributed by atoms with E-state index in [2.05, 4.69) is 10.1 Å². The highest BCUT2D eigenvalue weighted by molar-refractivity contribution is 5.67. The van der Waals surface area contributed by atoms with E-state index in [1.165, 1.54) is 7.11 Å². The van der Waals surface area contributed by atoms with Gasteiger partial charge in [0.1, 0.15) is 5.75 Å². The number of hydrogen-bond donors (Lipinski definition) is 1. The first kappa shape index (κ1) is 11.4. The van der Waals surface area contributed by atoms with Crippen molar-refractivity contribution < 1.29 is 14.3 Å². The number of ether oxygens (including phenoxy) is 2. The number of aryl methyl sites for hydroxylation is 1. The first-order chi connectivity index (χ1) is 7.17. The average molecular weight is 209 g/mol. The van der Waals surface area contributed by atoms with Gasteiger partial charge in [-0.15, -0.1) is 0 Å². The molecule has 0 aliphatic rings. The van der Waals surface area contributed by atoms with Crippen molar-refractivity contribution in [2.24, 2.45) is 0 Å². The first-order valence-corrected chi connectivity index (χ1v) is 4.62. The van der Waals surface area contributed by atoms with Gasteiger partial charge in [-0.25, -0.2) is 4.79 Å². The van der Waals surface area contributed by atoms with Gasteiger partial charge >= 0.3 is 6.09 Å². The minimum absolute atomic E-state index is 0.400. The third-order valence-corrected chi connectivity index (χ3v) is 2.04. The van der Waals surface area contributed by atoms with Crippen LogP contribution in [0.25, 0.3) is 0 Å². The predicted octanol–water partition coefficient (Wildman–Crippen LogP) is 1.86. The molecule has 1 N–H and O–H groups in total. The Morgan fingerprint density at radius 3 is 2.73 bits per heavy atom. The van der Waals surface area contributed by atoms with Crippen LogP contribution in [0.5, 0.6) is 5.75 Å². The molecular formula is C11H15NO3. The molecule has 0 saturated carbocycles. The first-order valence-electron chi connectivity index (χ1n) is 4.62. The molecule has 1 amide bonds. The molecule has 0 atom stereocenters. The number of carbonyl (C=O) groups is 1. The predicted molar refractivity (Wildman–Crippen MR) is 57.0 cm³/mol. The number of hydrogen-bond acceptors (Lipinski definition) is 3. The smallest absolute Gasteiger partial charge is 0.407 e. The molecule has 0 heterocycles. The fourth-order valence-electron chi connectivity index (χ4n) is 1.29. The minimum atomic E-state index is -0.446. The second kappa shape index (κ2) is 5.24. The lowest BCUT2D eigenvalue weighted by Gasteiger charge is -2.09. The molecule has 0 aliphatic carbocycles. The summed E-state index contributed by atoms with van der Waals surface area (Å²) in [4.78, 5) is 10.9. The summed E-state index contributed by atoms with van der Waals surface area (Å²) in [5, 5.41) is 2.61. The SMILES string of the molecule is COC(=O)NCc1cc(C)ccc1OC. The second-order valence-corrected chi connectivity index (χ2v) is 3.16. The van der Waals surface area contributed by atoms with Gasteiger partial charge in [-0.3, -0.25) is 0 Å². The maximum Gasteiger partial charge on any atom is 0.407 e. The largest absolute Gasteiger partial charge is 0.496 e. The van der Waals surface area contributed by atoms with Crippen LogP contribution in [0.2, 0.25) is 0 Å². The fourth-order valence-corrected chi connectivity index (χ4v) is 1.29. The molecule has 4 nitrogen and oxygen atoms in total. The molecule has 0 aliphatic heterocycles. The van der Waals surface area contributed by atoms with E-state index >= 15 is 0 Å². The summed E-state index contributed by atoms with van der Waals surface area (Å²) in [6, 6.07) is 5.80. The fraction of sp³-hybridized carbons (Fsp3) is 0.364. The Balaban J connectivity index is 2.74. The molecule has 0 spiro atoms. The van der Waals surface area contributed by atoms with Crippen LogP contribution in [0.1, 0.15) is 11.1 Å². The highest BCUT2D eigenvalue weighted by Crippen LogP contribution is 2.19. The van der Waals surface area contributed by atoms with E-state index in [-0.39, 0.29) is 0 Å². The normalized spacial score (nSPS) is 9.53. The van der Waals surface area contributed by atoms with Crippen molar-refractivity contribution in [3.05, 3.63) is 29.3 Å². The molecule has 0 aromatic heterocycles. The van der Waals surface area contributed by atoms with Crippen molar-refractivity contribution in [1.82, 2.24) is 5.32 Å². The summed E-state index contributed by atoms with van der Waals surface area (Å²) >= 11 is 0. The van der Waals surface area contributed by atoms with Gasteiger partial charge in [0.2, 0.25) is 0 Å². The van der Waals surface area contributed by atoms with Crippen LogP contribution in [0, 0.1) is 6.92 Å². The minimum Gasteiger partial charge on any atom is -0.496 e. The van der Waals surface area contributed by atoms with Crippen LogP contribution in [0.15, 0.2) is 18.2 Å². The second-order valence-electron chi connectivity index (χ2n) is 3.16. The molecule has 4 heteroatoms. The summed E-state index contributed by atoms with van der Waals surface area (Å²) in [5.41, 5.74) is 2.06. The van der Waals surface area contributed by atoms with E-state index in [0.29, 0.717) is 6.54 Å². The topological polar surface area (TPSA) is 47.6 Å². The van der Waals surface area contributed by atoms with Crippen molar-refractivity contribution in [3.8, 4) is 5.75 Å². The van der Waals surface area contributed by atoms with E-state index in [1.54, 1.807) is 7.11 Å². The summed E-state index contributed by atoms with van der Waals surface area (Å²) in [6.07, 6.45) is -0.446. The summed E-state index contributed by atoms with van der Waals surface area (Å²) in [7, 11) is 2.94. The molecule has 0 saturated heterocycles. The third kappa shape index (κ3) is 3.16. The van der Waals surface area contributed by atoms with E-state index in [1.807, 2.05) is 25.1 Å². The molecule has 0 unspecified atom stereocenters. The van der Waals surface area contributed by atoms with Gasteiger partial charge in [0.15, 0.2) is 0 Å². The van der Waals surface area contributed by atoms with Gasteiger partial charge in [-0.1, -0.05) is 17.7 Å². The maximum atomic E-state index is 10.9. The summed E-state index contributed by atoms with van der Waals surface area (Å²) in [5.74, 6) is 0.761.